The number of alkyl halides is 3. The van der Waals surface area contributed by atoms with Gasteiger partial charge in [-0.25, -0.2) is 4.79 Å². The monoisotopic (exact) mass is 390 g/mol. The predicted molar refractivity (Wildman–Crippen MR) is 99.6 cm³/mol. The molecule has 2 bridgehead atoms. The van der Waals surface area contributed by atoms with Crippen molar-refractivity contribution in [3.05, 3.63) is 53.9 Å². The molecule has 2 amide bonds. The highest BCUT2D eigenvalue weighted by Crippen LogP contribution is 2.40. The van der Waals surface area contributed by atoms with E-state index in [1.165, 1.54) is 5.57 Å². The Morgan fingerprint density at radius 2 is 2.00 bits per heavy atom. The van der Waals surface area contributed by atoms with E-state index < -0.39 is 17.9 Å². The minimum absolute atomic E-state index is 0.0132. The van der Waals surface area contributed by atoms with Crippen LogP contribution in [-0.4, -0.2) is 32.8 Å². The average molecular weight is 390 g/mol. The predicted octanol–water partition coefficient (Wildman–Crippen LogP) is 4.77. The standard InChI is InChI=1S/C20H21F3N4O/c1-2-26-18(20(21,22)23)17(12-24-26)25-19(28)27-15-8-9-16(27)11-14(10-15)13-6-4-3-5-7-13/h3-7,10,12,15-16H,2,8-9,11H2,1H3,(H,25,28). The molecule has 28 heavy (non-hydrogen) atoms. The molecule has 8 heteroatoms. The molecular formula is C20H21F3N4O. The SMILES string of the molecule is CCn1ncc(NC(=O)N2C3C=C(c4ccccc4)CC2CC3)c1C(F)(F)F. The van der Waals surface area contributed by atoms with Crippen LogP contribution in [0.25, 0.3) is 5.57 Å². The Labute approximate surface area is 160 Å². The smallest absolute Gasteiger partial charge is 0.315 e. The van der Waals surface area contributed by atoms with Crippen molar-refractivity contribution in [1.82, 2.24) is 14.7 Å². The van der Waals surface area contributed by atoms with Gasteiger partial charge in [-0.1, -0.05) is 36.4 Å². The third-order valence-corrected chi connectivity index (χ3v) is 5.42. The lowest BCUT2D eigenvalue weighted by Gasteiger charge is -2.34. The van der Waals surface area contributed by atoms with Gasteiger partial charge in [-0.05, 0) is 37.3 Å². The number of urea groups is 1. The van der Waals surface area contributed by atoms with E-state index in [1.807, 2.05) is 30.3 Å². The zero-order valence-corrected chi connectivity index (χ0v) is 15.4. The molecule has 2 aliphatic rings. The first-order valence-electron chi connectivity index (χ1n) is 9.37. The lowest BCUT2D eigenvalue weighted by Crippen LogP contribution is -2.45. The van der Waals surface area contributed by atoms with Crippen LogP contribution in [0.2, 0.25) is 0 Å². The lowest BCUT2D eigenvalue weighted by molar-refractivity contribution is -0.143. The third-order valence-electron chi connectivity index (χ3n) is 5.42. The Kier molecular flexibility index (Phi) is 4.64. The fraction of sp³-hybridized carbons (Fsp3) is 0.400. The Balaban J connectivity index is 1.56. The summed E-state index contributed by atoms with van der Waals surface area (Å²) in [5, 5.41) is 6.21. The number of hydrogen-bond donors (Lipinski definition) is 1. The summed E-state index contributed by atoms with van der Waals surface area (Å²) < 4.78 is 41.0. The quantitative estimate of drug-likeness (QED) is 0.820. The Morgan fingerprint density at radius 3 is 2.64 bits per heavy atom. The van der Waals surface area contributed by atoms with Crippen molar-refractivity contribution in [1.29, 1.82) is 0 Å². The van der Waals surface area contributed by atoms with Gasteiger partial charge in [0.05, 0.1) is 17.9 Å². The molecular weight excluding hydrogens is 369 g/mol. The van der Waals surface area contributed by atoms with Gasteiger partial charge in [-0.2, -0.15) is 18.3 Å². The average Bonchev–Trinajstić information content (AvgIpc) is 3.20. The number of benzene rings is 1. The molecule has 0 radical (unpaired) electrons. The molecule has 0 saturated carbocycles. The number of rotatable bonds is 3. The van der Waals surface area contributed by atoms with Crippen molar-refractivity contribution in [3.63, 3.8) is 0 Å². The molecule has 2 aliphatic heterocycles. The second-order valence-corrected chi connectivity index (χ2v) is 7.12. The Morgan fingerprint density at radius 1 is 1.25 bits per heavy atom. The fourth-order valence-corrected chi connectivity index (χ4v) is 4.21. The molecule has 2 atom stereocenters. The maximum atomic E-state index is 13.4. The van der Waals surface area contributed by atoms with E-state index in [2.05, 4.69) is 16.5 Å². The number of fused-ring (bicyclic) bond motifs is 2. The van der Waals surface area contributed by atoms with Gasteiger partial charge in [0.1, 0.15) is 0 Å². The minimum atomic E-state index is -4.59. The normalized spacial score (nSPS) is 21.6. The second kappa shape index (κ2) is 7.00. The van der Waals surface area contributed by atoms with Gasteiger partial charge in [-0.15, -0.1) is 0 Å². The zero-order chi connectivity index (χ0) is 19.9. The number of anilines is 1. The van der Waals surface area contributed by atoms with Crippen LogP contribution < -0.4 is 5.32 Å². The van der Waals surface area contributed by atoms with E-state index in [9.17, 15) is 18.0 Å². The van der Waals surface area contributed by atoms with Gasteiger partial charge in [0.2, 0.25) is 0 Å². The summed E-state index contributed by atoms with van der Waals surface area (Å²) in [4.78, 5) is 14.5. The highest BCUT2D eigenvalue weighted by atomic mass is 19.4. The number of carbonyl (C=O) groups excluding carboxylic acids is 1. The first-order chi connectivity index (χ1) is 13.4. The summed E-state index contributed by atoms with van der Waals surface area (Å²) in [5.74, 6) is 0. The summed E-state index contributed by atoms with van der Waals surface area (Å²) >= 11 is 0. The van der Waals surface area contributed by atoms with Gasteiger partial charge in [0.15, 0.2) is 5.69 Å². The van der Waals surface area contributed by atoms with Crippen molar-refractivity contribution in [3.8, 4) is 0 Å². The minimum Gasteiger partial charge on any atom is -0.315 e. The topological polar surface area (TPSA) is 50.2 Å². The number of halogens is 3. The van der Waals surface area contributed by atoms with Gasteiger partial charge >= 0.3 is 12.2 Å². The van der Waals surface area contributed by atoms with Gasteiger partial charge in [-0.3, -0.25) is 4.68 Å². The number of nitrogens with zero attached hydrogens (tertiary/aromatic N) is 3. The van der Waals surface area contributed by atoms with E-state index >= 15 is 0 Å². The van der Waals surface area contributed by atoms with Crippen LogP contribution in [0.15, 0.2) is 42.6 Å². The first-order valence-corrected chi connectivity index (χ1v) is 9.37. The van der Waals surface area contributed by atoms with Crippen LogP contribution >= 0.6 is 0 Å². The molecule has 148 valence electrons. The molecule has 0 spiro atoms. The van der Waals surface area contributed by atoms with Crippen LogP contribution in [0.4, 0.5) is 23.7 Å². The van der Waals surface area contributed by atoms with Crippen LogP contribution in [0.3, 0.4) is 0 Å². The van der Waals surface area contributed by atoms with Crippen molar-refractivity contribution in [2.45, 2.75) is 51.0 Å². The second-order valence-electron chi connectivity index (χ2n) is 7.12. The number of aromatic nitrogens is 2. The van der Waals surface area contributed by atoms with E-state index in [1.54, 1.807) is 11.8 Å². The molecule has 1 fully saturated rings. The van der Waals surface area contributed by atoms with Crippen molar-refractivity contribution < 1.29 is 18.0 Å². The summed E-state index contributed by atoms with van der Waals surface area (Å²) in [7, 11) is 0. The largest absolute Gasteiger partial charge is 0.435 e. The molecule has 1 aromatic heterocycles. The Bertz CT molecular complexity index is 904. The van der Waals surface area contributed by atoms with Gasteiger partial charge in [0, 0.05) is 12.6 Å². The lowest BCUT2D eigenvalue weighted by atomic mass is 9.95. The van der Waals surface area contributed by atoms with Crippen LogP contribution in [-0.2, 0) is 12.7 Å². The number of nitrogens with one attached hydrogen (secondary N) is 1. The van der Waals surface area contributed by atoms with Gasteiger partial charge < -0.3 is 10.2 Å². The molecule has 5 nitrogen and oxygen atoms in total. The summed E-state index contributed by atoms with van der Waals surface area (Å²) in [6.45, 7) is 1.65. The number of aryl methyl sites for hydroxylation is 1. The summed E-state index contributed by atoms with van der Waals surface area (Å²) in [5.41, 5.74) is 1.10. The van der Waals surface area contributed by atoms with Gasteiger partial charge in [0.25, 0.3) is 0 Å². The van der Waals surface area contributed by atoms with E-state index in [-0.39, 0.29) is 24.3 Å². The number of carbonyl (C=O) groups is 1. The molecule has 2 unspecified atom stereocenters. The van der Waals surface area contributed by atoms with Crippen molar-refractivity contribution >= 4 is 17.3 Å². The third kappa shape index (κ3) is 3.27. The zero-order valence-electron chi connectivity index (χ0n) is 15.4. The van der Waals surface area contributed by atoms with Crippen molar-refractivity contribution in [2.75, 3.05) is 5.32 Å². The maximum Gasteiger partial charge on any atom is 0.435 e. The molecule has 1 saturated heterocycles. The molecule has 2 aromatic rings. The Hall–Kier alpha value is -2.77. The highest BCUT2D eigenvalue weighted by Gasteiger charge is 2.42. The first kappa shape index (κ1) is 18.6. The molecule has 1 aromatic carbocycles. The molecule has 0 aliphatic carbocycles. The van der Waals surface area contributed by atoms with Crippen LogP contribution in [0.5, 0.6) is 0 Å². The maximum absolute atomic E-state index is 13.4. The van der Waals surface area contributed by atoms with E-state index in [4.69, 9.17) is 0 Å². The summed E-state index contributed by atoms with van der Waals surface area (Å²) in [6, 6.07) is 9.35. The van der Waals surface area contributed by atoms with Crippen LogP contribution in [0.1, 0.15) is 37.4 Å². The highest BCUT2D eigenvalue weighted by molar-refractivity contribution is 5.91. The van der Waals surface area contributed by atoms with E-state index in [0.717, 1.165) is 29.3 Å². The summed E-state index contributed by atoms with van der Waals surface area (Å²) in [6.07, 6.45) is 0.907. The molecule has 1 N–H and O–H groups in total. The fourth-order valence-electron chi connectivity index (χ4n) is 4.21. The number of hydrogen-bond acceptors (Lipinski definition) is 2. The molecule has 4 rings (SSSR count). The van der Waals surface area contributed by atoms with Crippen molar-refractivity contribution in [2.24, 2.45) is 0 Å². The number of amides is 2. The van der Waals surface area contributed by atoms with E-state index in [0.29, 0.717) is 6.42 Å². The molecule has 3 heterocycles. The van der Waals surface area contributed by atoms with Crippen LogP contribution in [0, 0.1) is 0 Å².